The molecule has 5 rings (SSSR count). The van der Waals surface area contributed by atoms with Gasteiger partial charge in [-0.2, -0.15) is 0 Å². The van der Waals surface area contributed by atoms with Crippen LogP contribution >= 0.6 is 0 Å². The Morgan fingerprint density at radius 3 is 2.46 bits per heavy atom. The molecule has 37 heavy (non-hydrogen) atoms. The largest absolute Gasteiger partial charge is 0.395 e. The van der Waals surface area contributed by atoms with Gasteiger partial charge in [-0.3, -0.25) is 9.69 Å². The average Bonchev–Trinajstić information content (AvgIpc) is 2.89. The lowest BCUT2D eigenvalue weighted by Crippen LogP contribution is -2.47. The average molecular weight is 497 g/mol. The zero-order valence-electron chi connectivity index (χ0n) is 21.2. The van der Waals surface area contributed by atoms with Gasteiger partial charge in [0.05, 0.1) is 12.1 Å². The Morgan fingerprint density at radius 1 is 1.00 bits per heavy atom. The van der Waals surface area contributed by atoms with Crippen LogP contribution in [0.15, 0.2) is 66.9 Å². The summed E-state index contributed by atoms with van der Waals surface area (Å²) in [6.07, 6.45) is 1.84. The third kappa shape index (κ3) is 5.71. The predicted octanol–water partition coefficient (Wildman–Crippen LogP) is 4.42. The number of hydrogen-bond donors (Lipinski definition) is 3. The summed E-state index contributed by atoms with van der Waals surface area (Å²) in [5.41, 5.74) is 7.02. The fourth-order valence-corrected chi connectivity index (χ4v) is 4.86. The smallest absolute Gasteiger partial charge is 0.227 e. The molecule has 8 heteroatoms. The summed E-state index contributed by atoms with van der Waals surface area (Å²) in [6, 6.07) is 20.2. The molecule has 1 amide bonds. The number of carbonyl (C=O) groups is 1. The first-order valence-electron chi connectivity index (χ1n) is 12.6. The Kier molecular flexibility index (Phi) is 7.30. The zero-order chi connectivity index (χ0) is 25.8. The number of carbonyl (C=O) groups excluding carboxylic acids is 1. The van der Waals surface area contributed by atoms with Gasteiger partial charge in [-0.25, -0.2) is 9.97 Å². The summed E-state index contributed by atoms with van der Waals surface area (Å²) in [4.78, 5) is 25.4. The van der Waals surface area contributed by atoms with Crippen LogP contribution in [0.3, 0.4) is 0 Å². The van der Waals surface area contributed by atoms with E-state index < -0.39 is 0 Å². The molecule has 0 saturated carbocycles. The third-order valence-corrected chi connectivity index (χ3v) is 6.71. The summed E-state index contributed by atoms with van der Waals surface area (Å²) in [5.74, 6) is 0.449. The highest BCUT2D eigenvalue weighted by Gasteiger charge is 2.18. The summed E-state index contributed by atoms with van der Waals surface area (Å²) in [7, 11) is 0. The number of aryl methyl sites for hydroxylation is 1. The SMILES string of the molecule is CC(=O)Nc1ccc(-c2cccc3cnc(Nc4ccc(N5CCN(CCO)CC5)c(C)c4)nc23)cc1. The number of para-hydroxylation sites is 1. The van der Waals surface area contributed by atoms with Crippen LogP contribution in [0.1, 0.15) is 12.5 Å². The number of hydrogen-bond acceptors (Lipinski definition) is 7. The molecule has 4 aromatic rings. The van der Waals surface area contributed by atoms with E-state index in [0.29, 0.717) is 5.95 Å². The van der Waals surface area contributed by atoms with Crippen molar-refractivity contribution in [2.75, 3.05) is 54.9 Å². The second-order valence-electron chi connectivity index (χ2n) is 9.37. The van der Waals surface area contributed by atoms with E-state index in [1.807, 2.05) is 48.7 Å². The lowest BCUT2D eigenvalue weighted by Gasteiger charge is -2.36. The van der Waals surface area contributed by atoms with E-state index >= 15 is 0 Å². The predicted molar refractivity (Wildman–Crippen MR) is 149 cm³/mol. The van der Waals surface area contributed by atoms with Crippen LogP contribution in [0.4, 0.5) is 23.0 Å². The topological polar surface area (TPSA) is 93.6 Å². The number of piperazine rings is 1. The molecule has 0 unspecified atom stereocenters. The number of β-amino-alcohol motifs (C(OH)–C–C–N with tert-alkyl or cyclic N) is 1. The van der Waals surface area contributed by atoms with Gasteiger partial charge in [0.15, 0.2) is 0 Å². The monoisotopic (exact) mass is 496 g/mol. The molecular weight excluding hydrogens is 464 g/mol. The Hall–Kier alpha value is -4.01. The first-order valence-corrected chi connectivity index (χ1v) is 12.6. The number of nitrogens with zero attached hydrogens (tertiary/aromatic N) is 4. The van der Waals surface area contributed by atoms with Crippen molar-refractivity contribution in [3.63, 3.8) is 0 Å². The number of aliphatic hydroxyl groups is 1. The maximum atomic E-state index is 11.3. The Morgan fingerprint density at radius 2 is 1.76 bits per heavy atom. The molecule has 1 aliphatic rings. The van der Waals surface area contributed by atoms with E-state index in [1.54, 1.807) is 0 Å². The minimum Gasteiger partial charge on any atom is -0.395 e. The molecule has 8 nitrogen and oxygen atoms in total. The fourth-order valence-electron chi connectivity index (χ4n) is 4.86. The molecule has 1 fully saturated rings. The van der Waals surface area contributed by atoms with Gasteiger partial charge in [0.1, 0.15) is 0 Å². The van der Waals surface area contributed by atoms with E-state index in [1.165, 1.54) is 18.2 Å². The van der Waals surface area contributed by atoms with Crippen molar-refractivity contribution in [3.8, 4) is 11.1 Å². The Labute approximate surface area is 217 Å². The number of nitrogens with one attached hydrogen (secondary N) is 2. The summed E-state index contributed by atoms with van der Waals surface area (Å²) in [6.45, 7) is 8.41. The highest BCUT2D eigenvalue weighted by molar-refractivity contribution is 5.94. The first kappa shape index (κ1) is 24.7. The molecule has 1 saturated heterocycles. The van der Waals surface area contributed by atoms with Crippen molar-refractivity contribution in [1.29, 1.82) is 0 Å². The second-order valence-corrected chi connectivity index (χ2v) is 9.37. The van der Waals surface area contributed by atoms with Gasteiger partial charge in [0.2, 0.25) is 11.9 Å². The minimum absolute atomic E-state index is 0.0924. The highest BCUT2D eigenvalue weighted by atomic mass is 16.3. The quantitative estimate of drug-likeness (QED) is 0.349. The van der Waals surface area contributed by atoms with Crippen molar-refractivity contribution in [3.05, 3.63) is 72.4 Å². The third-order valence-electron chi connectivity index (χ3n) is 6.71. The molecule has 3 aromatic carbocycles. The molecule has 0 aliphatic carbocycles. The number of aromatic nitrogens is 2. The number of aliphatic hydroxyl groups excluding tert-OH is 1. The highest BCUT2D eigenvalue weighted by Crippen LogP contribution is 2.30. The van der Waals surface area contributed by atoms with Crippen LogP contribution in [-0.2, 0) is 4.79 Å². The Bertz CT molecular complexity index is 1400. The van der Waals surface area contributed by atoms with E-state index in [9.17, 15) is 9.90 Å². The number of anilines is 4. The zero-order valence-corrected chi connectivity index (χ0v) is 21.2. The normalized spacial score (nSPS) is 14.1. The molecular formula is C29H32N6O2. The number of amides is 1. The van der Waals surface area contributed by atoms with Crippen molar-refractivity contribution in [2.45, 2.75) is 13.8 Å². The van der Waals surface area contributed by atoms with Gasteiger partial charge in [-0.1, -0.05) is 30.3 Å². The van der Waals surface area contributed by atoms with Crippen molar-refractivity contribution in [2.24, 2.45) is 0 Å². The summed E-state index contributed by atoms with van der Waals surface area (Å²) >= 11 is 0. The maximum absolute atomic E-state index is 11.3. The lowest BCUT2D eigenvalue weighted by molar-refractivity contribution is -0.114. The second kappa shape index (κ2) is 10.9. The van der Waals surface area contributed by atoms with Gasteiger partial charge in [0, 0.05) is 73.9 Å². The molecule has 0 spiro atoms. The van der Waals surface area contributed by atoms with Crippen molar-refractivity contribution >= 4 is 39.8 Å². The van der Waals surface area contributed by atoms with Gasteiger partial charge in [-0.15, -0.1) is 0 Å². The van der Waals surface area contributed by atoms with Crippen LogP contribution < -0.4 is 15.5 Å². The molecule has 0 bridgehead atoms. The number of fused-ring (bicyclic) bond motifs is 1. The Balaban J connectivity index is 1.35. The number of rotatable bonds is 7. The molecule has 0 atom stereocenters. The molecule has 3 N–H and O–H groups in total. The van der Waals surface area contributed by atoms with Gasteiger partial charge >= 0.3 is 0 Å². The van der Waals surface area contributed by atoms with Crippen LogP contribution in [0.25, 0.3) is 22.0 Å². The van der Waals surface area contributed by atoms with E-state index in [2.05, 4.69) is 50.5 Å². The summed E-state index contributed by atoms with van der Waals surface area (Å²) in [5, 5.41) is 16.3. The number of benzene rings is 3. The van der Waals surface area contributed by atoms with Crippen molar-refractivity contribution < 1.29 is 9.90 Å². The standard InChI is InChI=1S/C29H32N6O2/c1-20-18-25(10-11-27(20)35-14-12-34(13-15-35)16-17-36)32-29-30-19-23-4-3-5-26(28(23)33-29)22-6-8-24(9-7-22)31-21(2)37/h3-11,18-19,36H,12-17H2,1-2H3,(H,31,37)(H,30,32,33). The molecule has 1 aromatic heterocycles. The first-order chi connectivity index (χ1) is 18.0. The van der Waals surface area contributed by atoms with Crippen LogP contribution in [0, 0.1) is 6.92 Å². The summed E-state index contributed by atoms with van der Waals surface area (Å²) < 4.78 is 0. The van der Waals surface area contributed by atoms with E-state index in [0.717, 1.165) is 66.1 Å². The van der Waals surface area contributed by atoms with Gasteiger partial charge < -0.3 is 20.6 Å². The van der Waals surface area contributed by atoms with Gasteiger partial charge in [-0.05, 0) is 48.4 Å². The van der Waals surface area contributed by atoms with Crippen molar-refractivity contribution in [1.82, 2.24) is 14.9 Å². The molecule has 2 heterocycles. The fraction of sp³-hybridized carbons (Fsp3) is 0.276. The molecule has 190 valence electrons. The van der Waals surface area contributed by atoms with E-state index in [-0.39, 0.29) is 12.5 Å². The molecule has 0 radical (unpaired) electrons. The molecule has 1 aliphatic heterocycles. The van der Waals surface area contributed by atoms with Gasteiger partial charge in [0.25, 0.3) is 0 Å². The maximum Gasteiger partial charge on any atom is 0.227 e. The lowest BCUT2D eigenvalue weighted by atomic mass is 10.0. The van der Waals surface area contributed by atoms with Crippen LogP contribution in [0.5, 0.6) is 0 Å². The minimum atomic E-state index is -0.0924. The van der Waals surface area contributed by atoms with Crippen LogP contribution in [-0.4, -0.2) is 65.2 Å². The van der Waals surface area contributed by atoms with E-state index in [4.69, 9.17) is 4.98 Å². The van der Waals surface area contributed by atoms with Crippen LogP contribution in [0.2, 0.25) is 0 Å².